The minimum absolute atomic E-state index is 0.326. The first-order valence-corrected chi connectivity index (χ1v) is 9.04. The number of hydrogen-bond acceptors (Lipinski definition) is 2. The molecule has 0 saturated carbocycles. The zero-order chi connectivity index (χ0) is 17.8. The van der Waals surface area contributed by atoms with Gasteiger partial charge in [-0.2, -0.15) is 0 Å². The van der Waals surface area contributed by atoms with Gasteiger partial charge in [-0.1, -0.05) is 0 Å². The first kappa shape index (κ1) is 15.4. The standard InChI is InChI=1S/C22H19FN2O/c1-12-10-16-18(24-12)7-8-19-21(16)14-4-2-3-5-15(14)22(25-19)13-6-9-20(26)17(23)11-13/h6-11,24,26H,2-5H2,1H3. The molecular formula is C22H19FN2O. The minimum atomic E-state index is -0.606. The summed E-state index contributed by atoms with van der Waals surface area (Å²) in [4.78, 5) is 8.34. The zero-order valence-electron chi connectivity index (χ0n) is 14.6. The molecule has 4 heteroatoms. The van der Waals surface area contributed by atoms with Crippen molar-refractivity contribution < 1.29 is 9.50 Å². The summed E-state index contributed by atoms with van der Waals surface area (Å²) in [6, 6.07) is 10.8. The van der Waals surface area contributed by atoms with Crippen molar-refractivity contribution in [1.82, 2.24) is 9.97 Å². The lowest BCUT2D eigenvalue weighted by Gasteiger charge is -2.22. The molecule has 0 aliphatic heterocycles. The van der Waals surface area contributed by atoms with Gasteiger partial charge in [0.15, 0.2) is 11.6 Å². The lowest BCUT2D eigenvalue weighted by molar-refractivity contribution is 0.432. The molecule has 0 spiro atoms. The number of hydrogen-bond donors (Lipinski definition) is 2. The molecule has 4 aromatic rings. The van der Waals surface area contributed by atoms with Crippen LogP contribution in [0.4, 0.5) is 4.39 Å². The molecule has 1 aliphatic carbocycles. The summed E-state index contributed by atoms with van der Waals surface area (Å²) < 4.78 is 13.9. The maximum Gasteiger partial charge on any atom is 0.165 e. The molecule has 5 rings (SSSR count). The summed E-state index contributed by atoms with van der Waals surface area (Å²) in [5, 5.41) is 12.0. The molecular weight excluding hydrogens is 327 g/mol. The number of nitrogens with zero attached hydrogens (tertiary/aromatic N) is 1. The first-order chi connectivity index (χ1) is 12.6. The van der Waals surface area contributed by atoms with Gasteiger partial charge in [-0.3, -0.25) is 0 Å². The van der Waals surface area contributed by atoms with Gasteiger partial charge in [0.25, 0.3) is 0 Å². The second kappa shape index (κ2) is 5.56. The van der Waals surface area contributed by atoms with E-state index in [9.17, 15) is 9.50 Å². The number of benzene rings is 2. The quantitative estimate of drug-likeness (QED) is 0.484. The van der Waals surface area contributed by atoms with Gasteiger partial charge in [0.05, 0.1) is 11.2 Å². The van der Waals surface area contributed by atoms with Gasteiger partial charge in [0, 0.05) is 27.5 Å². The van der Waals surface area contributed by atoms with Crippen LogP contribution >= 0.6 is 0 Å². The fourth-order valence-corrected chi connectivity index (χ4v) is 4.27. The molecule has 2 aromatic carbocycles. The molecule has 2 heterocycles. The predicted octanol–water partition coefficient (Wildman–Crippen LogP) is 5.42. The number of rotatable bonds is 1. The SMILES string of the molecule is Cc1cc2c(ccc3nc(-c4ccc(O)c(F)c4)c4c(c32)CCCC4)[nH]1. The summed E-state index contributed by atoms with van der Waals surface area (Å²) in [7, 11) is 0. The van der Waals surface area contributed by atoms with E-state index in [1.807, 2.05) is 6.07 Å². The topological polar surface area (TPSA) is 48.9 Å². The second-order valence-electron chi connectivity index (χ2n) is 7.16. The van der Waals surface area contributed by atoms with Crippen molar-refractivity contribution in [2.75, 3.05) is 0 Å². The van der Waals surface area contributed by atoms with Crippen molar-refractivity contribution in [1.29, 1.82) is 0 Å². The number of aromatic amines is 1. The van der Waals surface area contributed by atoms with Crippen LogP contribution in [0.3, 0.4) is 0 Å². The maximum absolute atomic E-state index is 13.9. The molecule has 3 nitrogen and oxygen atoms in total. The number of phenols is 1. The van der Waals surface area contributed by atoms with E-state index in [0.717, 1.165) is 53.7 Å². The highest BCUT2D eigenvalue weighted by Crippen LogP contribution is 2.38. The Bertz CT molecular complexity index is 1180. The van der Waals surface area contributed by atoms with Crippen molar-refractivity contribution in [3.8, 4) is 17.0 Å². The van der Waals surface area contributed by atoms with E-state index in [-0.39, 0.29) is 5.75 Å². The summed E-state index contributed by atoms with van der Waals surface area (Å²) in [6.07, 6.45) is 4.26. The van der Waals surface area contributed by atoms with Gasteiger partial charge in [0.1, 0.15) is 0 Å². The van der Waals surface area contributed by atoms with E-state index in [0.29, 0.717) is 0 Å². The smallest absolute Gasteiger partial charge is 0.165 e. The summed E-state index contributed by atoms with van der Waals surface area (Å²) in [5.41, 5.74) is 7.35. The molecule has 0 bridgehead atoms. The third kappa shape index (κ3) is 2.22. The predicted molar refractivity (Wildman–Crippen MR) is 102 cm³/mol. The van der Waals surface area contributed by atoms with Crippen LogP contribution in [0.1, 0.15) is 29.7 Å². The van der Waals surface area contributed by atoms with Crippen LogP contribution in [-0.2, 0) is 12.8 Å². The Kier molecular flexibility index (Phi) is 3.29. The molecule has 0 saturated heterocycles. The van der Waals surface area contributed by atoms with Crippen LogP contribution in [0.15, 0.2) is 36.4 Å². The molecule has 0 amide bonds. The van der Waals surface area contributed by atoms with Gasteiger partial charge in [0.2, 0.25) is 0 Å². The number of phenolic OH excluding ortho intramolecular Hbond substituents is 1. The molecule has 130 valence electrons. The average Bonchev–Trinajstić information content (AvgIpc) is 3.03. The average molecular weight is 346 g/mol. The fourth-order valence-electron chi connectivity index (χ4n) is 4.27. The molecule has 0 unspecified atom stereocenters. The fraction of sp³-hybridized carbons (Fsp3) is 0.227. The zero-order valence-corrected chi connectivity index (χ0v) is 14.6. The van der Waals surface area contributed by atoms with Crippen LogP contribution in [0, 0.1) is 12.7 Å². The highest BCUT2D eigenvalue weighted by molar-refractivity contribution is 6.08. The van der Waals surface area contributed by atoms with Crippen molar-refractivity contribution in [3.63, 3.8) is 0 Å². The maximum atomic E-state index is 13.9. The Balaban J connectivity index is 1.88. The number of halogens is 1. The minimum Gasteiger partial charge on any atom is -0.505 e. The third-order valence-corrected chi connectivity index (χ3v) is 5.43. The Morgan fingerprint density at radius 1 is 1.04 bits per heavy atom. The molecule has 2 N–H and O–H groups in total. The van der Waals surface area contributed by atoms with E-state index >= 15 is 0 Å². The molecule has 26 heavy (non-hydrogen) atoms. The molecule has 1 aliphatic rings. The van der Waals surface area contributed by atoms with Crippen molar-refractivity contribution in [2.45, 2.75) is 32.6 Å². The highest BCUT2D eigenvalue weighted by atomic mass is 19.1. The van der Waals surface area contributed by atoms with E-state index in [1.54, 1.807) is 6.07 Å². The van der Waals surface area contributed by atoms with E-state index in [2.05, 4.69) is 24.0 Å². The van der Waals surface area contributed by atoms with Gasteiger partial charge in [-0.15, -0.1) is 0 Å². The Morgan fingerprint density at radius 3 is 2.65 bits per heavy atom. The molecule has 0 atom stereocenters. The first-order valence-electron chi connectivity index (χ1n) is 9.04. The van der Waals surface area contributed by atoms with Crippen LogP contribution < -0.4 is 0 Å². The van der Waals surface area contributed by atoms with Gasteiger partial charge in [-0.25, -0.2) is 9.37 Å². The number of aromatic hydroxyl groups is 1. The van der Waals surface area contributed by atoms with Crippen LogP contribution in [-0.4, -0.2) is 15.1 Å². The number of aromatic nitrogens is 2. The number of nitrogens with one attached hydrogen (secondary N) is 1. The van der Waals surface area contributed by atoms with E-state index in [4.69, 9.17) is 4.98 Å². The van der Waals surface area contributed by atoms with Crippen molar-refractivity contribution in [2.24, 2.45) is 0 Å². The number of pyridine rings is 1. The summed E-state index contributed by atoms with van der Waals surface area (Å²) >= 11 is 0. The van der Waals surface area contributed by atoms with Gasteiger partial charge in [-0.05, 0) is 80.1 Å². The van der Waals surface area contributed by atoms with Gasteiger partial charge < -0.3 is 10.1 Å². The molecule has 2 aromatic heterocycles. The normalized spacial score (nSPS) is 14.1. The van der Waals surface area contributed by atoms with Crippen LogP contribution in [0.5, 0.6) is 5.75 Å². The molecule has 0 fully saturated rings. The largest absolute Gasteiger partial charge is 0.505 e. The Hall–Kier alpha value is -2.88. The van der Waals surface area contributed by atoms with Gasteiger partial charge >= 0.3 is 0 Å². The lowest BCUT2D eigenvalue weighted by Crippen LogP contribution is -2.08. The second-order valence-corrected chi connectivity index (χ2v) is 7.16. The highest BCUT2D eigenvalue weighted by Gasteiger charge is 2.21. The molecule has 0 radical (unpaired) electrons. The van der Waals surface area contributed by atoms with Crippen molar-refractivity contribution in [3.05, 3.63) is 59.0 Å². The lowest BCUT2D eigenvalue weighted by atomic mass is 9.85. The number of H-pyrrole nitrogens is 1. The van der Waals surface area contributed by atoms with E-state index in [1.165, 1.54) is 34.0 Å². The third-order valence-electron chi connectivity index (χ3n) is 5.43. The Labute approximate surface area is 150 Å². The van der Waals surface area contributed by atoms with Crippen LogP contribution in [0.25, 0.3) is 33.1 Å². The number of aryl methyl sites for hydroxylation is 2. The summed E-state index contributed by atoms with van der Waals surface area (Å²) in [5.74, 6) is -0.932. The summed E-state index contributed by atoms with van der Waals surface area (Å²) in [6.45, 7) is 2.07. The Morgan fingerprint density at radius 2 is 1.85 bits per heavy atom. The van der Waals surface area contributed by atoms with Crippen LogP contribution in [0.2, 0.25) is 0 Å². The number of fused-ring (bicyclic) bond motifs is 5. The monoisotopic (exact) mass is 346 g/mol. The van der Waals surface area contributed by atoms with Crippen molar-refractivity contribution >= 4 is 21.8 Å². The van der Waals surface area contributed by atoms with E-state index < -0.39 is 5.82 Å².